The molecule has 0 saturated carbocycles. The third-order valence-corrected chi connectivity index (χ3v) is 4.02. The van der Waals surface area contributed by atoms with Gasteiger partial charge in [-0.1, -0.05) is 17.7 Å². The molecule has 1 heterocycles. The molecular formula is C11H13ClFNS. The average molecular weight is 246 g/mol. The van der Waals surface area contributed by atoms with Gasteiger partial charge in [0.25, 0.3) is 0 Å². The second-order valence-corrected chi connectivity index (χ2v) is 5.40. The molecule has 0 radical (unpaired) electrons. The molecule has 1 aliphatic heterocycles. The fourth-order valence-corrected chi connectivity index (χ4v) is 3.20. The highest BCUT2D eigenvalue weighted by atomic mass is 35.5. The normalized spacial score (nSPS) is 26.6. The lowest BCUT2D eigenvalue weighted by molar-refractivity contribution is 0.511. The molecule has 1 N–H and O–H groups in total. The molecule has 1 aliphatic rings. The summed E-state index contributed by atoms with van der Waals surface area (Å²) in [6.45, 7) is 2.16. The van der Waals surface area contributed by atoms with Gasteiger partial charge in [0.15, 0.2) is 0 Å². The van der Waals surface area contributed by atoms with Gasteiger partial charge in [-0.2, -0.15) is 0 Å². The van der Waals surface area contributed by atoms with Gasteiger partial charge in [-0.05, 0) is 36.8 Å². The molecule has 2 unspecified atom stereocenters. The first-order chi connectivity index (χ1) is 7.16. The molecule has 0 spiro atoms. The first-order valence-corrected chi connectivity index (χ1v) is 6.42. The molecule has 1 aromatic carbocycles. The summed E-state index contributed by atoms with van der Waals surface area (Å²) in [4.78, 5) is 0. The minimum Gasteiger partial charge on any atom is -0.299 e. The van der Waals surface area contributed by atoms with Crippen LogP contribution in [0.25, 0.3) is 0 Å². The number of hydrogen-bond donors (Lipinski definition) is 1. The van der Waals surface area contributed by atoms with Crippen LogP contribution in [0.2, 0.25) is 5.02 Å². The summed E-state index contributed by atoms with van der Waals surface area (Å²) in [6, 6.07) is 5.45. The molecule has 0 aliphatic carbocycles. The van der Waals surface area contributed by atoms with Gasteiger partial charge in [-0.25, -0.2) is 4.39 Å². The third kappa shape index (κ3) is 2.65. The van der Waals surface area contributed by atoms with Crippen molar-refractivity contribution in [2.75, 3.05) is 5.75 Å². The van der Waals surface area contributed by atoms with Crippen molar-refractivity contribution >= 4 is 23.4 Å². The number of benzene rings is 1. The van der Waals surface area contributed by atoms with Gasteiger partial charge >= 0.3 is 0 Å². The Labute approximate surface area is 98.4 Å². The highest BCUT2D eigenvalue weighted by Gasteiger charge is 2.20. The third-order valence-electron chi connectivity index (χ3n) is 2.52. The lowest BCUT2D eigenvalue weighted by Crippen LogP contribution is -2.33. The van der Waals surface area contributed by atoms with Crippen molar-refractivity contribution in [2.24, 2.45) is 0 Å². The molecule has 0 bridgehead atoms. The fourth-order valence-electron chi connectivity index (χ4n) is 1.62. The predicted octanol–water partition coefficient (Wildman–Crippen LogP) is 3.59. The van der Waals surface area contributed by atoms with Gasteiger partial charge < -0.3 is 0 Å². The second kappa shape index (κ2) is 4.73. The fraction of sp³-hybridized carbons (Fsp3) is 0.455. The molecule has 0 aromatic heterocycles. The van der Waals surface area contributed by atoms with Gasteiger partial charge in [0.2, 0.25) is 0 Å². The zero-order chi connectivity index (χ0) is 10.8. The van der Waals surface area contributed by atoms with Gasteiger partial charge in [0.1, 0.15) is 5.82 Å². The summed E-state index contributed by atoms with van der Waals surface area (Å²) >= 11 is 7.60. The van der Waals surface area contributed by atoms with Crippen molar-refractivity contribution in [3.8, 4) is 0 Å². The van der Waals surface area contributed by atoms with Crippen molar-refractivity contribution in [1.82, 2.24) is 5.32 Å². The molecular weight excluding hydrogens is 233 g/mol. The smallest absolute Gasteiger partial charge is 0.141 e. The SMILES string of the molecule is CC1CCSC(c2ccc(F)c(Cl)c2)N1. The maximum absolute atomic E-state index is 13.0. The van der Waals surface area contributed by atoms with E-state index >= 15 is 0 Å². The lowest BCUT2D eigenvalue weighted by Gasteiger charge is -2.28. The monoisotopic (exact) mass is 245 g/mol. The molecule has 1 nitrogen and oxygen atoms in total. The Balaban J connectivity index is 2.18. The van der Waals surface area contributed by atoms with Crippen LogP contribution in [0, 0.1) is 5.82 Å². The van der Waals surface area contributed by atoms with Crippen LogP contribution in [0.4, 0.5) is 4.39 Å². The van der Waals surface area contributed by atoms with Crippen molar-refractivity contribution in [3.63, 3.8) is 0 Å². The quantitative estimate of drug-likeness (QED) is 0.812. The number of hydrogen-bond acceptors (Lipinski definition) is 2. The van der Waals surface area contributed by atoms with E-state index in [1.54, 1.807) is 12.1 Å². The van der Waals surface area contributed by atoms with Crippen LogP contribution < -0.4 is 5.32 Å². The maximum atomic E-state index is 13.0. The highest BCUT2D eigenvalue weighted by molar-refractivity contribution is 7.99. The number of halogens is 2. The van der Waals surface area contributed by atoms with Crippen LogP contribution in [0.15, 0.2) is 18.2 Å². The molecule has 0 amide bonds. The van der Waals surface area contributed by atoms with Crippen molar-refractivity contribution in [2.45, 2.75) is 24.8 Å². The van der Waals surface area contributed by atoms with E-state index < -0.39 is 0 Å². The van der Waals surface area contributed by atoms with E-state index in [0.29, 0.717) is 6.04 Å². The second-order valence-electron chi connectivity index (χ2n) is 3.78. The Morgan fingerprint density at radius 1 is 1.53 bits per heavy atom. The minimum atomic E-state index is -0.353. The Kier molecular flexibility index (Phi) is 3.54. The summed E-state index contributed by atoms with van der Waals surface area (Å²) in [5.74, 6) is 0.780. The molecule has 1 fully saturated rings. The summed E-state index contributed by atoms with van der Waals surface area (Å²) in [5, 5.41) is 3.91. The van der Waals surface area contributed by atoms with Gasteiger partial charge in [0.05, 0.1) is 10.4 Å². The van der Waals surface area contributed by atoms with Crippen molar-refractivity contribution in [1.29, 1.82) is 0 Å². The first-order valence-electron chi connectivity index (χ1n) is 4.99. The van der Waals surface area contributed by atoms with Crippen molar-refractivity contribution < 1.29 is 4.39 Å². The molecule has 1 saturated heterocycles. The number of thioether (sulfide) groups is 1. The Morgan fingerprint density at radius 3 is 3.00 bits per heavy atom. The standard InChI is InChI=1S/C11H13ClFNS/c1-7-4-5-15-11(14-7)8-2-3-10(13)9(12)6-8/h2-3,6-7,11,14H,4-5H2,1H3. The van der Waals surface area contributed by atoms with Gasteiger partial charge in [-0.3, -0.25) is 5.32 Å². The predicted molar refractivity (Wildman–Crippen MR) is 63.8 cm³/mol. The van der Waals surface area contributed by atoms with E-state index in [0.717, 1.165) is 11.3 Å². The van der Waals surface area contributed by atoms with E-state index in [4.69, 9.17) is 11.6 Å². The van der Waals surface area contributed by atoms with Crippen LogP contribution >= 0.6 is 23.4 Å². The van der Waals surface area contributed by atoms with E-state index in [-0.39, 0.29) is 16.2 Å². The number of rotatable bonds is 1. The van der Waals surface area contributed by atoms with Crippen LogP contribution in [0.5, 0.6) is 0 Å². The van der Waals surface area contributed by atoms with Gasteiger partial charge in [0, 0.05) is 6.04 Å². The Hall–Kier alpha value is -0.250. The summed E-state index contributed by atoms with van der Waals surface area (Å²) in [5.41, 5.74) is 1.05. The highest BCUT2D eigenvalue weighted by Crippen LogP contribution is 2.33. The summed E-state index contributed by atoms with van der Waals surface area (Å²) in [7, 11) is 0. The van der Waals surface area contributed by atoms with E-state index in [2.05, 4.69) is 12.2 Å². The lowest BCUT2D eigenvalue weighted by atomic mass is 10.2. The molecule has 2 atom stereocenters. The molecule has 2 rings (SSSR count). The van der Waals surface area contributed by atoms with E-state index in [1.807, 2.05) is 11.8 Å². The molecule has 82 valence electrons. The molecule has 15 heavy (non-hydrogen) atoms. The average Bonchev–Trinajstić information content (AvgIpc) is 2.22. The van der Waals surface area contributed by atoms with Crippen LogP contribution in [0.1, 0.15) is 24.3 Å². The van der Waals surface area contributed by atoms with Crippen LogP contribution in [-0.2, 0) is 0 Å². The van der Waals surface area contributed by atoms with Gasteiger partial charge in [-0.15, -0.1) is 11.8 Å². The van der Waals surface area contributed by atoms with Crippen molar-refractivity contribution in [3.05, 3.63) is 34.6 Å². The maximum Gasteiger partial charge on any atom is 0.141 e. The Morgan fingerprint density at radius 2 is 2.33 bits per heavy atom. The topological polar surface area (TPSA) is 12.0 Å². The minimum absolute atomic E-state index is 0.202. The van der Waals surface area contributed by atoms with Crippen LogP contribution in [0.3, 0.4) is 0 Å². The number of nitrogens with one attached hydrogen (secondary N) is 1. The summed E-state index contributed by atoms with van der Waals surface area (Å²) < 4.78 is 13.0. The Bertz CT molecular complexity index is 358. The van der Waals surface area contributed by atoms with E-state index in [1.165, 1.54) is 12.5 Å². The molecule has 4 heteroatoms. The zero-order valence-corrected chi connectivity index (χ0v) is 10.0. The first kappa shape index (κ1) is 11.2. The zero-order valence-electron chi connectivity index (χ0n) is 8.47. The molecule has 1 aromatic rings. The van der Waals surface area contributed by atoms with Crippen LogP contribution in [-0.4, -0.2) is 11.8 Å². The largest absolute Gasteiger partial charge is 0.299 e. The summed E-state index contributed by atoms with van der Waals surface area (Å²) in [6.07, 6.45) is 1.18. The van der Waals surface area contributed by atoms with E-state index in [9.17, 15) is 4.39 Å².